The molecule has 108 valence electrons. The molecular weight excluding hydrogens is 246 g/mol. The zero-order valence-electron chi connectivity index (χ0n) is 12.6. The topological polar surface area (TPSA) is 21.3 Å². The molecule has 2 rings (SSSR count). The second-order valence-electron chi connectivity index (χ2n) is 5.33. The Morgan fingerprint density at radius 1 is 1.05 bits per heavy atom. The number of unbranched alkanes of at least 4 members (excludes halogenated alkanes) is 1. The summed E-state index contributed by atoms with van der Waals surface area (Å²) in [4.78, 5) is 0. The predicted octanol–water partition coefficient (Wildman–Crippen LogP) is 4.39. The van der Waals surface area contributed by atoms with Gasteiger partial charge in [0.25, 0.3) is 0 Å². The Balaban J connectivity index is 1.70. The lowest BCUT2D eigenvalue weighted by Crippen LogP contribution is -2.26. The monoisotopic (exact) mass is 271 g/mol. The Morgan fingerprint density at radius 2 is 1.85 bits per heavy atom. The van der Waals surface area contributed by atoms with Gasteiger partial charge in [0.05, 0.1) is 6.61 Å². The van der Waals surface area contributed by atoms with Gasteiger partial charge in [0.2, 0.25) is 0 Å². The summed E-state index contributed by atoms with van der Waals surface area (Å²) in [6, 6.07) is 15.3. The van der Waals surface area contributed by atoms with Gasteiger partial charge in [-0.25, -0.2) is 0 Å². The zero-order valence-corrected chi connectivity index (χ0v) is 12.6. The summed E-state index contributed by atoms with van der Waals surface area (Å²) in [7, 11) is 0. The molecule has 0 aliphatic rings. The molecule has 0 fully saturated rings. The van der Waals surface area contributed by atoms with Gasteiger partial charge in [0.1, 0.15) is 5.75 Å². The number of benzene rings is 2. The second-order valence-corrected chi connectivity index (χ2v) is 5.33. The second kappa shape index (κ2) is 7.91. The third-order valence-corrected chi connectivity index (χ3v) is 3.67. The first kappa shape index (κ1) is 14.9. The van der Waals surface area contributed by atoms with Crippen molar-refractivity contribution < 1.29 is 4.74 Å². The van der Waals surface area contributed by atoms with E-state index >= 15 is 0 Å². The van der Waals surface area contributed by atoms with Crippen molar-refractivity contribution in [1.82, 2.24) is 5.32 Å². The van der Waals surface area contributed by atoms with Crippen LogP contribution >= 0.6 is 0 Å². The van der Waals surface area contributed by atoms with Gasteiger partial charge < -0.3 is 10.1 Å². The third kappa shape index (κ3) is 4.53. The minimum atomic E-state index is 0.622. The lowest BCUT2D eigenvalue weighted by molar-refractivity contribution is 0.305. The van der Waals surface area contributed by atoms with Gasteiger partial charge in [-0.15, -0.1) is 0 Å². The van der Waals surface area contributed by atoms with Crippen LogP contribution in [0.4, 0.5) is 0 Å². The van der Waals surface area contributed by atoms with Crippen LogP contribution < -0.4 is 10.1 Å². The van der Waals surface area contributed by atoms with E-state index < -0.39 is 0 Å². The number of rotatable bonds is 8. The Hall–Kier alpha value is -1.54. The highest BCUT2D eigenvalue weighted by Gasteiger charge is 1.98. The van der Waals surface area contributed by atoms with Crippen LogP contribution in [0.15, 0.2) is 42.5 Å². The number of hydrogen-bond donors (Lipinski definition) is 1. The average Bonchev–Trinajstić information content (AvgIpc) is 2.50. The lowest BCUT2D eigenvalue weighted by atomic mass is 10.1. The Labute approximate surface area is 122 Å². The van der Waals surface area contributed by atoms with E-state index in [1.165, 1.54) is 17.2 Å². The molecule has 1 unspecified atom stereocenters. The van der Waals surface area contributed by atoms with E-state index in [4.69, 9.17) is 4.74 Å². The van der Waals surface area contributed by atoms with Crippen molar-refractivity contribution in [2.45, 2.75) is 39.2 Å². The first-order valence-electron chi connectivity index (χ1n) is 7.64. The van der Waals surface area contributed by atoms with E-state index in [1.54, 1.807) is 0 Å². The van der Waals surface area contributed by atoms with Crippen LogP contribution in [0.1, 0.15) is 33.1 Å². The fraction of sp³-hybridized carbons (Fsp3) is 0.444. The van der Waals surface area contributed by atoms with Gasteiger partial charge in [-0.3, -0.25) is 0 Å². The van der Waals surface area contributed by atoms with Gasteiger partial charge in [-0.1, -0.05) is 37.3 Å². The van der Waals surface area contributed by atoms with E-state index in [2.05, 4.69) is 61.6 Å². The molecule has 2 nitrogen and oxygen atoms in total. The summed E-state index contributed by atoms with van der Waals surface area (Å²) in [6.45, 7) is 6.31. The standard InChI is InChI=1S/C18H25NO/c1-3-15(2)19-12-6-7-13-20-18-11-10-16-8-4-5-9-17(16)14-18/h4-5,8-11,14-15,19H,3,6-7,12-13H2,1-2H3. The molecule has 0 amide bonds. The summed E-state index contributed by atoms with van der Waals surface area (Å²) in [6.07, 6.45) is 3.45. The molecule has 2 aromatic rings. The molecule has 0 radical (unpaired) electrons. The van der Waals surface area contributed by atoms with E-state index in [0.29, 0.717) is 6.04 Å². The molecule has 1 atom stereocenters. The van der Waals surface area contributed by atoms with Gasteiger partial charge in [-0.05, 0) is 55.6 Å². The molecule has 0 aliphatic carbocycles. The quantitative estimate of drug-likeness (QED) is 0.719. The van der Waals surface area contributed by atoms with Crippen LogP contribution in [0.5, 0.6) is 5.75 Å². The molecule has 0 heterocycles. The maximum Gasteiger partial charge on any atom is 0.119 e. The number of fused-ring (bicyclic) bond motifs is 1. The highest BCUT2D eigenvalue weighted by molar-refractivity contribution is 5.83. The maximum absolute atomic E-state index is 5.82. The minimum absolute atomic E-state index is 0.622. The van der Waals surface area contributed by atoms with Crippen molar-refractivity contribution in [1.29, 1.82) is 0 Å². The third-order valence-electron chi connectivity index (χ3n) is 3.67. The summed E-state index contributed by atoms with van der Waals surface area (Å²) < 4.78 is 5.82. The van der Waals surface area contributed by atoms with Gasteiger partial charge in [0.15, 0.2) is 0 Å². The van der Waals surface area contributed by atoms with Crippen LogP contribution in [0.2, 0.25) is 0 Å². The molecule has 0 aromatic heterocycles. The van der Waals surface area contributed by atoms with Crippen LogP contribution in [0.25, 0.3) is 10.8 Å². The lowest BCUT2D eigenvalue weighted by Gasteiger charge is -2.11. The first-order valence-corrected chi connectivity index (χ1v) is 7.64. The first-order chi connectivity index (χ1) is 9.79. The van der Waals surface area contributed by atoms with Crippen molar-refractivity contribution >= 4 is 10.8 Å². The molecule has 1 N–H and O–H groups in total. The van der Waals surface area contributed by atoms with Gasteiger partial charge in [-0.2, -0.15) is 0 Å². The molecule has 0 aliphatic heterocycles. The van der Waals surface area contributed by atoms with Crippen molar-refractivity contribution in [3.05, 3.63) is 42.5 Å². The molecule has 0 saturated heterocycles. The van der Waals surface area contributed by atoms with Crippen LogP contribution in [-0.4, -0.2) is 19.2 Å². The normalized spacial score (nSPS) is 12.5. The van der Waals surface area contributed by atoms with Crippen LogP contribution in [0, 0.1) is 0 Å². The Kier molecular flexibility index (Phi) is 5.87. The van der Waals surface area contributed by atoms with Crippen molar-refractivity contribution in [3.63, 3.8) is 0 Å². The van der Waals surface area contributed by atoms with Gasteiger partial charge >= 0.3 is 0 Å². The molecular formula is C18H25NO. The molecule has 0 spiro atoms. The minimum Gasteiger partial charge on any atom is -0.494 e. The highest BCUT2D eigenvalue weighted by atomic mass is 16.5. The molecule has 2 aromatic carbocycles. The molecule has 2 heteroatoms. The summed E-state index contributed by atoms with van der Waals surface area (Å²) >= 11 is 0. The SMILES string of the molecule is CCC(C)NCCCCOc1ccc2ccccc2c1. The largest absolute Gasteiger partial charge is 0.494 e. The predicted molar refractivity (Wildman–Crippen MR) is 86.4 cm³/mol. The van der Waals surface area contributed by atoms with E-state index in [-0.39, 0.29) is 0 Å². The molecule has 0 saturated carbocycles. The fourth-order valence-corrected chi connectivity index (χ4v) is 2.17. The number of ether oxygens (including phenoxy) is 1. The van der Waals surface area contributed by atoms with E-state index in [0.717, 1.165) is 31.7 Å². The smallest absolute Gasteiger partial charge is 0.119 e. The van der Waals surface area contributed by atoms with E-state index in [9.17, 15) is 0 Å². The van der Waals surface area contributed by atoms with Crippen LogP contribution in [0.3, 0.4) is 0 Å². The highest BCUT2D eigenvalue weighted by Crippen LogP contribution is 2.20. The number of nitrogens with one attached hydrogen (secondary N) is 1. The Morgan fingerprint density at radius 3 is 2.65 bits per heavy atom. The molecule has 0 bridgehead atoms. The van der Waals surface area contributed by atoms with Crippen molar-refractivity contribution in [2.24, 2.45) is 0 Å². The van der Waals surface area contributed by atoms with Gasteiger partial charge in [0, 0.05) is 6.04 Å². The van der Waals surface area contributed by atoms with E-state index in [1.807, 2.05) is 0 Å². The number of hydrogen-bond acceptors (Lipinski definition) is 2. The maximum atomic E-state index is 5.82. The zero-order chi connectivity index (χ0) is 14.2. The summed E-state index contributed by atoms with van der Waals surface area (Å²) in [5.41, 5.74) is 0. The fourth-order valence-electron chi connectivity index (χ4n) is 2.17. The summed E-state index contributed by atoms with van der Waals surface area (Å²) in [5.74, 6) is 0.971. The van der Waals surface area contributed by atoms with Crippen LogP contribution in [-0.2, 0) is 0 Å². The van der Waals surface area contributed by atoms with Crippen molar-refractivity contribution in [3.8, 4) is 5.75 Å². The Bertz CT molecular complexity index is 524. The average molecular weight is 271 g/mol. The van der Waals surface area contributed by atoms with Crippen molar-refractivity contribution in [2.75, 3.05) is 13.2 Å². The summed E-state index contributed by atoms with van der Waals surface area (Å²) in [5, 5.41) is 6.00. The molecule has 20 heavy (non-hydrogen) atoms.